The number of rotatable bonds is 5. The van der Waals surface area contributed by atoms with Gasteiger partial charge in [0.25, 0.3) is 6.10 Å². The van der Waals surface area contributed by atoms with Crippen LogP contribution in [0.5, 0.6) is 0 Å². The van der Waals surface area contributed by atoms with Crippen LogP contribution in [-0.4, -0.2) is 32.9 Å². The van der Waals surface area contributed by atoms with Crippen molar-refractivity contribution >= 4 is 16.0 Å². The molecule has 0 heterocycles. The molecule has 0 aromatic heterocycles. The fourth-order valence-corrected chi connectivity index (χ4v) is 3.17. The van der Waals surface area contributed by atoms with Crippen molar-refractivity contribution < 1.29 is 38.9 Å². The normalized spacial score (nSPS) is 13.7. The van der Waals surface area contributed by atoms with E-state index in [4.69, 9.17) is 0 Å². The zero-order chi connectivity index (χ0) is 18.1. The fourth-order valence-electron chi connectivity index (χ4n) is 1.72. The van der Waals surface area contributed by atoms with Crippen molar-refractivity contribution in [3.05, 3.63) is 30.3 Å². The number of benzene rings is 1. The summed E-state index contributed by atoms with van der Waals surface area (Å²) in [6.07, 6.45) is -16.3. The number of alkyl halides is 6. The molecule has 1 rings (SSSR count). The monoisotopic (exact) mass is 365 g/mol. The van der Waals surface area contributed by atoms with Crippen LogP contribution in [0.2, 0.25) is 0 Å². The molecule has 1 aromatic carbocycles. The number of hydrogen-bond donors (Lipinski definition) is 0. The van der Waals surface area contributed by atoms with Crippen LogP contribution in [0.3, 0.4) is 0 Å². The maximum absolute atomic E-state index is 12.5. The Balaban J connectivity index is 3.26. The van der Waals surface area contributed by atoms with Crippen LogP contribution in [0.25, 0.3) is 0 Å². The SMILES string of the molecule is CC(C)N(c1ccccc1)S(=O)(=O)OC(C(F)(F)F)C(F)(F)F. The van der Waals surface area contributed by atoms with Gasteiger partial charge < -0.3 is 0 Å². The minimum atomic E-state index is -5.93. The van der Waals surface area contributed by atoms with E-state index in [1.165, 1.54) is 44.2 Å². The van der Waals surface area contributed by atoms with Gasteiger partial charge in [-0.05, 0) is 26.0 Å². The summed E-state index contributed by atoms with van der Waals surface area (Å²) in [6, 6.07) is 5.73. The maximum Gasteiger partial charge on any atom is 0.425 e. The second-order valence-electron chi connectivity index (χ2n) is 4.74. The minimum absolute atomic E-state index is 0.120. The molecule has 0 aliphatic heterocycles. The molecule has 1 aromatic rings. The molecule has 0 spiro atoms. The van der Waals surface area contributed by atoms with Gasteiger partial charge in [0.1, 0.15) is 0 Å². The lowest BCUT2D eigenvalue weighted by Gasteiger charge is -2.30. The van der Waals surface area contributed by atoms with Gasteiger partial charge in [-0.2, -0.15) is 34.8 Å². The number of halogens is 6. The first-order valence-corrected chi connectivity index (χ1v) is 7.54. The van der Waals surface area contributed by atoms with Gasteiger partial charge in [-0.25, -0.2) is 8.49 Å². The number of anilines is 1. The van der Waals surface area contributed by atoms with E-state index >= 15 is 0 Å². The van der Waals surface area contributed by atoms with Crippen molar-refractivity contribution in [1.82, 2.24) is 0 Å². The Bertz CT molecular complexity index is 598. The first-order chi connectivity index (χ1) is 10.3. The quantitative estimate of drug-likeness (QED) is 0.749. The molecule has 0 unspecified atom stereocenters. The van der Waals surface area contributed by atoms with Crippen LogP contribution in [0.15, 0.2) is 30.3 Å². The Morgan fingerprint density at radius 3 is 1.74 bits per heavy atom. The van der Waals surface area contributed by atoms with Crippen LogP contribution >= 0.6 is 0 Å². The van der Waals surface area contributed by atoms with E-state index in [0.717, 1.165) is 0 Å². The van der Waals surface area contributed by atoms with E-state index in [-0.39, 0.29) is 5.69 Å². The molecule has 0 atom stereocenters. The van der Waals surface area contributed by atoms with Gasteiger partial charge in [0, 0.05) is 6.04 Å². The van der Waals surface area contributed by atoms with Gasteiger partial charge in [-0.1, -0.05) is 18.2 Å². The van der Waals surface area contributed by atoms with E-state index < -0.39 is 34.8 Å². The summed E-state index contributed by atoms with van der Waals surface area (Å²) in [7, 11) is -5.35. The summed E-state index contributed by atoms with van der Waals surface area (Å²) in [6.45, 7) is 2.56. The standard InChI is InChI=1S/C12H13F6NO3S/c1-8(2)19(9-6-4-3-5-7-9)23(20,21)22-10(11(13,14)15)12(16,17)18/h3-8,10H,1-2H3. The molecule has 0 N–H and O–H groups in total. The van der Waals surface area contributed by atoms with E-state index in [9.17, 15) is 34.8 Å². The molecule has 0 aliphatic carbocycles. The summed E-state index contributed by atoms with van der Waals surface area (Å²) < 4.78 is 103. The van der Waals surface area contributed by atoms with E-state index in [1.807, 2.05) is 0 Å². The molecule has 0 bridgehead atoms. The molecular formula is C12H13F6NO3S. The second kappa shape index (κ2) is 6.56. The molecule has 0 aliphatic rings. The highest BCUT2D eigenvalue weighted by molar-refractivity contribution is 7.88. The van der Waals surface area contributed by atoms with E-state index in [1.54, 1.807) is 0 Å². The van der Waals surface area contributed by atoms with Crippen molar-refractivity contribution in [2.45, 2.75) is 38.3 Å². The van der Waals surface area contributed by atoms with Crippen LogP contribution in [0.4, 0.5) is 32.0 Å². The Morgan fingerprint density at radius 2 is 1.39 bits per heavy atom. The van der Waals surface area contributed by atoms with Crippen molar-refractivity contribution in [3.63, 3.8) is 0 Å². The highest BCUT2D eigenvalue weighted by atomic mass is 32.2. The fraction of sp³-hybridized carbons (Fsp3) is 0.500. The molecule has 0 radical (unpaired) electrons. The number of para-hydroxylation sites is 1. The summed E-state index contributed by atoms with van der Waals surface area (Å²) in [5.74, 6) is 0. The third kappa shape index (κ3) is 4.99. The third-order valence-electron chi connectivity index (χ3n) is 2.53. The largest absolute Gasteiger partial charge is 0.425 e. The average molecular weight is 365 g/mol. The van der Waals surface area contributed by atoms with Gasteiger partial charge in [-0.3, -0.25) is 0 Å². The number of nitrogens with zero attached hydrogens (tertiary/aromatic N) is 1. The van der Waals surface area contributed by atoms with Gasteiger partial charge >= 0.3 is 22.7 Å². The van der Waals surface area contributed by atoms with Crippen molar-refractivity contribution in [1.29, 1.82) is 0 Å². The van der Waals surface area contributed by atoms with Crippen LogP contribution in [0, 0.1) is 0 Å². The van der Waals surface area contributed by atoms with Crippen LogP contribution < -0.4 is 4.31 Å². The van der Waals surface area contributed by atoms with Gasteiger partial charge in [0.15, 0.2) is 0 Å². The van der Waals surface area contributed by atoms with Crippen LogP contribution in [-0.2, 0) is 14.5 Å². The Hall–Kier alpha value is -1.49. The lowest BCUT2D eigenvalue weighted by Crippen LogP contribution is -2.49. The molecule has 4 nitrogen and oxygen atoms in total. The highest BCUT2D eigenvalue weighted by Crippen LogP contribution is 2.37. The lowest BCUT2D eigenvalue weighted by atomic mass is 10.3. The molecule has 132 valence electrons. The van der Waals surface area contributed by atoms with Gasteiger partial charge in [0.05, 0.1) is 5.69 Å². The van der Waals surface area contributed by atoms with Gasteiger partial charge in [-0.15, -0.1) is 0 Å². The maximum atomic E-state index is 12.5. The summed E-state index contributed by atoms with van der Waals surface area (Å²) in [5, 5.41) is 0. The van der Waals surface area contributed by atoms with E-state index in [2.05, 4.69) is 4.18 Å². The minimum Gasteiger partial charge on any atom is -0.245 e. The Labute approximate surface area is 128 Å². The predicted molar refractivity (Wildman–Crippen MR) is 70.0 cm³/mol. The zero-order valence-electron chi connectivity index (χ0n) is 11.9. The molecule has 23 heavy (non-hydrogen) atoms. The molecule has 0 saturated heterocycles. The molecule has 0 saturated carbocycles. The predicted octanol–water partition coefficient (Wildman–Crippen LogP) is 3.66. The second-order valence-corrected chi connectivity index (χ2v) is 6.18. The van der Waals surface area contributed by atoms with E-state index in [0.29, 0.717) is 4.31 Å². The van der Waals surface area contributed by atoms with Crippen molar-refractivity contribution in [2.75, 3.05) is 4.31 Å². The highest BCUT2D eigenvalue weighted by Gasteiger charge is 2.60. The summed E-state index contributed by atoms with van der Waals surface area (Å²) in [5.41, 5.74) is -0.120. The summed E-state index contributed by atoms with van der Waals surface area (Å²) >= 11 is 0. The molecule has 0 amide bonds. The van der Waals surface area contributed by atoms with Crippen molar-refractivity contribution in [3.8, 4) is 0 Å². The third-order valence-corrected chi connectivity index (χ3v) is 4.08. The molecule has 11 heteroatoms. The van der Waals surface area contributed by atoms with Gasteiger partial charge in [0.2, 0.25) is 0 Å². The topological polar surface area (TPSA) is 46.6 Å². The molecule has 0 fully saturated rings. The lowest BCUT2D eigenvalue weighted by molar-refractivity contribution is -0.299. The van der Waals surface area contributed by atoms with Crippen LogP contribution in [0.1, 0.15) is 13.8 Å². The smallest absolute Gasteiger partial charge is 0.245 e. The number of hydrogen-bond acceptors (Lipinski definition) is 3. The van der Waals surface area contributed by atoms with Crippen molar-refractivity contribution in [2.24, 2.45) is 0 Å². The average Bonchev–Trinajstić information content (AvgIpc) is 2.34. The Morgan fingerprint density at radius 1 is 0.957 bits per heavy atom. The Kier molecular flexibility index (Phi) is 5.57. The first-order valence-electron chi connectivity index (χ1n) is 6.18. The first kappa shape index (κ1) is 19.6. The summed E-state index contributed by atoms with van der Waals surface area (Å²) in [4.78, 5) is 0. The molecular weight excluding hydrogens is 352 g/mol. The zero-order valence-corrected chi connectivity index (χ0v) is 12.7.